The highest BCUT2D eigenvalue weighted by molar-refractivity contribution is 7.81. The quantitative estimate of drug-likeness (QED) is 0.836. The van der Waals surface area contributed by atoms with Crippen molar-refractivity contribution in [3.8, 4) is 11.5 Å². The Morgan fingerprint density at radius 3 is 2.37 bits per heavy atom. The van der Waals surface area contributed by atoms with Crippen LogP contribution in [0.4, 0.5) is 0 Å². The minimum atomic E-state index is 0.173. The molecular formula is C14H19NO3S. The summed E-state index contributed by atoms with van der Waals surface area (Å²) < 4.78 is 10.5. The largest absolute Gasteiger partial charge is 0.497 e. The van der Waals surface area contributed by atoms with Gasteiger partial charge in [0.25, 0.3) is 0 Å². The number of hydrogen-bond acceptors (Lipinski definition) is 4. The zero-order chi connectivity index (χ0) is 13.8. The van der Waals surface area contributed by atoms with Gasteiger partial charge in [-0.25, -0.2) is 0 Å². The third-order valence-corrected chi connectivity index (χ3v) is 3.62. The van der Waals surface area contributed by atoms with Crippen LogP contribution in [0.25, 0.3) is 0 Å². The lowest BCUT2D eigenvalue weighted by atomic mass is 10.1. The van der Waals surface area contributed by atoms with Crippen molar-refractivity contribution in [3.05, 3.63) is 23.8 Å². The highest BCUT2D eigenvalue weighted by Crippen LogP contribution is 2.23. The third kappa shape index (κ3) is 3.56. The molecule has 1 aromatic rings. The summed E-state index contributed by atoms with van der Waals surface area (Å²) in [5, 5.41) is 0.173. The van der Waals surface area contributed by atoms with Gasteiger partial charge in [-0.1, -0.05) is 0 Å². The Balaban J connectivity index is 2.01. The van der Waals surface area contributed by atoms with Crippen LogP contribution in [0, 0.1) is 0 Å². The predicted molar refractivity (Wildman–Crippen MR) is 77.2 cm³/mol. The van der Waals surface area contributed by atoms with Crippen molar-refractivity contribution in [2.75, 3.05) is 27.3 Å². The number of benzene rings is 1. The molecule has 0 radical (unpaired) electrons. The number of rotatable bonds is 5. The number of nitrogens with zero attached hydrogens (tertiary/aromatic N) is 1. The van der Waals surface area contributed by atoms with Gasteiger partial charge in [0.05, 0.1) is 14.2 Å². The number of ether oxygens (including phenoxy) is 2. The maximum Gasteiger partial charge on any atom is 0.223 e. The lowest BCUT2D eigenvalue weighted by Crippen LogP contribution is -2.27. The molecule has 1 saturated heterocycles. The van der Waals surface area contributed by atoms with Crippen LogP contribution in [0.2, 0.25) is 0 Å². The van der Waals surface area contributed by atoms with E-state index in [4.69, 9.17) is 9.47 Å². The number of methoxy groups -OCH3 is 2. The van der Waals surface area contributed by atoms with Gasteiger partial charge in [0.15, 0.2) is 0 Å². The van der Waals surface area contributed by atoms with E-state index in [1.54, 1.807) is 14.2 Å². The molecule has 1 aromatic carbocycles. The molecule has 19 heavy (non-hydrogen) atoms. The molecule has 0 saturated carbocycles. The molecule has 0 aromatic heterocycles. The highest BCUT2D eigenvalue weighted by Gasteiger charge is 2.26. The SMILES string of the molecule is COc1cc(CCN2CC(S)CC2=O)cc(OC)c1. The first-order chi connectivity index (χ1) is 9.12. The van der Waals surface area contributed by atoms with Gasteiger partial charge in [-0.05, 0) is 24.1 Å². The van der Waals surface area contributed by atoms with Gasteiger partial charge in [0.1, 0.15) is 11.5 Å². The molecule has 1 atom stereocenters. The van der Waals surface area contributed by atoms with Crippen molar-refractivity contribution in [1.29, 1.82) is 0 Å². The van der Waals surface area contributed by atoms with Crippen LogP contribution in [0.1, 0.15) is 12.0 Å². The summed E-state index contributed by atoms with van der Waals surface area (Å²) in [5.74, 6) is 1.73. The van der Waals surface area contributed by atoms with E-state index in [1.807, 2.05) is 23.1 Å². The van der Waals surface area contributed by atoms with Gasteiger partial charge in [-0.3, -0.25) is 4.79 Å². The summed E-state index contributed by atoms with van der Waals surface area (Å²) >= 11 is 4.35. The second-order valence-electron chi connectivity index (χ2n) is 4.67. The average molecular weight is 281 g/mol. The number of hydrogen-bond donors (Lipinski definition) is 1. The zero-order valence-corrected chi connectivity index (χ0v) is 12.2. The Morgan fingerprint density at radius 1 is 1.26 bits per heavy atom. The number of carbonyl (C=O) groups excluding carboxylic acids is 1. The topological polar surface area (TPSA) is 38.8 Å². The molecule has 1 aliphatic heterocycles. The van der Waals surface area contributed by atoms with Crippen LogP contribution in [-0.2, 0) is 11.2 Å². The lowest BCUT2D eigenvalue weighted by Gasteiger charge is -2.16. The summed E-state index contributed by atoms with van der Waals surface area (Å²) in [4.78, 5) is 13.5. The summed E-state index contributed by atoms with van der Waals surface area (Å²) in [6.45, 7) is 1.45. The molecule has 1 unspecified atom stereocenters. The van der Waals surface area contributed by atoms with Gasteiger partial charge < -0.3 is 14.4 Å². The number of carbonyl (C=O) groups is 1. The molecule has 1 aliphatic rings. The molecular weight excluding hydrogens is 262 g/mol. The molecule has 0 aliphatic carbocycles. The predicted octanol–water partition coefficient (Wildman–Crippen LogP) is 1.78. The number of thiol groups is 1. The fourth-order valence-electron chi connectivity index (χ4n) is 2.24. The third-order valence-electron chi connectivity index (χ3n) is 3.28. The van der Waals surface area contributed by atoms with Crippen LogP contribution in [0.5, 0.6) is 11.5 Å². The Labute approximate surface area is 119 Å². The van der Waals surface area contributed by atoms with Crippen LogP contribution in [-0.4, -0.2) is 43.4 Å². The van der Waals surface area contributed by atoms with E-state index in [0.29, 0.717) is 13.0 Å². The number of amides is 1. The van der Waals surface area contributed by atoms with E-state index in [0.717, 1.165) is 30.0 Å². The van der Waals surface area contributed by atoms with Crippen LogP contribution >= 0.6 is 12.6 Å². The van der Waals surface area contributed by atoms with Crippen molar-refractivity contribution in [2.24, 2.45) is 0 Å². The van der Waals surface area contributed by atoms with Crippen molar-refractivity contribution in [3.63, 3.8) is 0 Å². The molecule has 5 heteroatoms. The van der Waals surface area contributed by atoms with Crippen molar-refractivity contribution in [1.82, 2.24) is 4.90 Å². The fourth-order valence-corrected chi connectivity index (χ4v) is 2.60. The van der Waals surface area contributed by atoms with E-state index in [1.165, 1.54) is 0 Å². The Hall–Kier alpha value is -1.36. The molecule has 0 N–H and O–H groups in total. The minimum Gasteiger partial charge on any atom is -0.497 e. The monoisotopic (exact) mass is 281 g/mol. The molecule has 0 bridgehead atoms. The Kier molecular flexibility index (Phi) is 4.58. The maximum absolute atomic E-state index is 11.7. The van der Waals surface area contributed by atoms with Gasteiger partial charge in [-0.15, -0.1) is 0 Å². The van der Waals surface area contributed by atoms with Crippen LogP contribution < -0.4 is 9.47 Å². The fraction of sp³-hybridized carbons (Fsp3) is 0.500. The summed E-state index contributed by atoms with van der Waals surface area (Å²) in [6.07, 6.45) is 1.34. The first-order valence-electron chi connectivity index (χ1n) is 6.30. The van der Waals surface area contributed by atoms with E-state index in [9.17, 15) is 4.79 Å². The first kappa shape index (κ1) is 14.1. The summed E-state index contributed by atoms with van der Waals surface area (Å²) in [6, 6.07) is 5.79. The second-order valence-corrected chi connectivity index (χ2v) is 5.40. The first-order valence-corrected chi connectivity index (χ1v) is 6.82. The molecule has 0 spiro atoms. The van der Waals surface area contributed by atoms with Crippen molar-refractivity contribution < 1.29 is 14.3 Å². The van der Waals surface area contributed by atoms with Crippen LogP contribution in [0.3, 0.4) is 0 Å². The molecule has 1 fully saturated rings. The minimum absolute atomic E-state index is 0.173. The van der Waals surface area contributed by atoms with E-state index >= 15 is 0 Å². The normalized spacial score (nSPS) is 18.8. The van der Waals surface area contributed by atoms with Gasteiger partial charge >= 0.3 is 0 Å². The zero-order valence-electron chi connectivity index (χ0n) is 11.3. The highest BCUT2D eigenvalue weighted by atomic mass is 32.1. The van der Waals surface area contributed by atoms with Crippen molar-refractivity contribution >= 4 is 18.5 Å². The Bertz CT molecular complexity index is 442. The number of likely N-dealkylation sites (tertiary alicyclic amines) is 1. The van der Waals surface area contributed by atoms with Crippen LogP contribution in [0.15, 0.2) is 18.2 Å². The lowest BCUT2D eigenvalue weighted by molar-refractivity contribution is -0.127. The summed E-state index contributed by atoms with van der Waals surface area (Å²) in [5.41, 5.74) is 1.10. The molecule has 1 heterocycles. The van der Waals surface area contributed by atoms with E-state index in [-0.39, 0.29) is 11.2 Å². The molecule has 4 nitrogen and oxygen atoms in total. The van der Waals surface area contributed by atoms with E-state index < -0.39 is 0 Å². The smallest absolute Gasteiger partial charge is 0.223 e. The standard InChI is InChI=1S/C14H19NO3S/c1-17-11-5-10(6-12(7-11)18-2)3-4-15-9-13(19)8-14(15)16/h5-7,13,19H,3-4,8-9H2,1-2H3. The van der Waals surface area contributed by atoms with Gasteiger partial charge in [-0.2, -0.15) is 12.6 Å². The maximum atomic E-state index is 11.7. The van der Waals surface area contributed by atoms with Crippen molar-refractivity contribution in [2.45, 2.75) is 18.1 Å². The Morgan fingerprint density at radius 2 is 1.89 bits per heavy atom. The van der Waals surface area contributed by atoms with E-state index in [2.05, 4.69) is 12.6 Å². The summed E-state index contributed by atoms with van der Waals surface area (Å²) in [7, 11) is 3.27. The average Bonchev–Trinajstić information content (AvgIpc) is 2.74. The molecule has 1 amide bonds. The second kappa shape index (κ2) is 6.19. The molecule has 104 valence electrons. The van der Waals surface area contributed by atoms with Gasteiger partial charge in [0, 0.05) is 30.8 Å². The van der Waals surface area contributed by atoms with Gasteiger partial charge in [0.2, 0.25) is 5.91 Å². The molecule has 2 rings (SSSR count).